The molecule has 5 aromatic rings. The quantitative estimate of drug-likeness (QED) is 0.285. The maximum atomic E-state index is 14.6. The summed E-state index contributed by atoms with van der Waals surface area (Å²) in [6.45, 7) is 9.87. The second kappa shape index (κ2) is 10.7. The highest BCUT2D eigenvalue weighted by Gasteiger charge is 2.14. The molecule has 9 heteroatoms. The lowest BCUT2D eigenvalue weighted by Crippen LogP contribution is -2.21. The standard InChI is InChI=1S/C30H33FN8/c1-18(28-17-34-20(3)39(28)6)7-8-26-19(2)29(37-36-26)27-16-25-24(9-10-33-30(25)35-27)21-13-22(31)15-23(14-21)32-11-12-38(4)5/h7-10,13-17,32,36H,2,11-12H2,1,3-6H3,(H,33,35)/b18-7+,26-8+. The van der Waals surface area contributed by atoms with E-state index in [9.17, 15) is 4.39 Å². The lowest BCUT2D eigenvalue weighted by atomic mass is 10.0. The minimum absolute atomic E-state index is 0.294. The van der Waals surface area contributed by atoms with Crippen molar-refractivity contribution >= 4 is 34.9 Å². The highest BCUT2D eigenvalue weighted by atomic mass is 19.1. The first-order valence-corrected chi connectivity index (χ1v) is 12.8. The molecule has 0 unspecified atom stereocenters. The fraction of sp³-hybridized carbons (Fsp3) is 0.233. The molecule has 0 amide bonds. The number of likely N-dealkylation sites (N-methyl/N-ethyl adjacent to an activating group) is 1. The van der Waals surface area contributed by atoms with Crippen LogP contribution in [0.3, 0.4) is 0 Å². The number of benzene rings is 1. The topological polar surface area (TPSA) is 90.4 Å². The van der Waals surface area contributed by atoms with Crippen LogP contribution in [-0.4, -0.2) is 61.8 Å². The van der Waals surface area contributed by atoms with E-state index in [1.165, 1.54) is 6.07 Å². The van der Waals surface area contributed by atoms with Gasteiger partial charge in [-0.15, -0.1) is 0 Å². The maximum Gasteiger partial charge on any atom is 0.138 e. The fourth-order valence-electron chi connectivity index (χ4n) is 4.58. The van der Waals surface area contributed by atoms with E-state index in [-0.39, 0.29) is 5.82 Å². The van der Waals surface area contributed by atoms with Crippen LogP contribution in [0.15, 0.2) is 48.8 Å². The van der Waals surface area contributed by atoms with Gasteiger partial charge in [0, 0.05) is 42.6 Å². The molecule has 1 aromatic carbocycles. The molecular formula is C30H33FN8. The van der Waals surface area contributed by atoms with Gasteiger partial charge in [-0.25, -0.2) is 14.4 Å². The van der Waals surface area contributed by atoms with Gasteiger partial charge in [0.05, 0.1) is 22.9 Å². The first-order valence-electron chi connectivity index (χ1n) is 12.8. The van der Waals surface area contributed by atoms with Crippen LogP contribution in [0.4, 0.5) is 10.1 Å². The molecule has 0 fully saturated rings. The molecule has 3 N–H and O–H groups in total. The molecule has 0 spiro atoms. The van der Waals surface area contributed by atoms with E-state index in [0.29, 0.717) is 11.3 Å². The summed E-state index contributed by atoms with van der Waals surface area (Å²) in [7, 11) is 6.02. The van der Waals surface area contributed by atoms with Crippen LogP contribution in [-0.2, 0) is 7.05 Å². The number of fused-ring (bicyclic) bond motifs is 1. The zero-order valence-corrected chi connectivity index (χ0v) is 22.9. The molecule has 200 valence electrons. The Bertz CT molecular complexity index is 1790. The Morgan fingerprint density at radius 1 is 1.21 bits per heavy atom. The molecule has 0 radical (unpaired) electrons. The number of halogens is 1. The number of hydrogen-bond donors (Lipinski definition) is 3. The van der Waals surface area contributed by atoms with E-state index in [0.717, 1.165) is 68.6 Å². The zero-order chi connectivity index (χ0) is 27.7. The summed E-state index contributed by atoms with van der Waals surface area (Å²) < 4.78 is 16.6. The number of aromatic amines is 2. The highest BCUT2D eigenvalue weighted by Crippen LogP contribution is 2.32. The van der Waals surface area contributed by atoms with E-state index in [1.807, 2.05) is 71.5 Å². The number of H-pyrrole nitrogens is 2. The van der Waals surface area contributed by atoms with Crippen molar-refractivity contribution in [2.24, 2.45) is 7.05 Å². The van der Waals surface area contributed by atoms with Gasteiger partial charge in [0.1, 0.15) is 23.0 Å². The van der Waals surface area contributed by atoms with Crippen molar-refractivity contribution in [3.63, 3.8) is 0 Å². The number of pyridine rings is 1. The van der Waals surface area contributed by atoms with E-state index in [1.54, 1.807) is 12.3 Å². The Hall–Kier alpha value is -4.50. The monoisotopic (exact) mass is 524 g/mol. The van der Waals surface area contributed by atoms with Crippen LogP contribution in [0, 0.1) is 12.7 Å². The number of aromatic nitrogens is 6. The first-order chi connectivity index (χ1) is 18.7. The molecule has 4 aromatic heterocycles. The van der Waals surface area contributed by atoms with E-state index in [2.05, 4.69) is 46.5 Å². The Labute approximate surface area is 226 Å². The smallest absolute Gasteiger partial charge is 0.138 e. The van der Waals surface area contributed by atoms with Gasteiger partial charge in [0.15, 0.2) is 0 Å². The van der Waals surface area contributed by atoms with E-state index < -0.39 is 0 Å². The number of anilines is 1. The predicted molar refractivity (Wildman–Crippen MR) is 157 cm³/mol. The third-order valence-corrected chi connectivity index (χ3v) is 6.91. The summed E-state index contributed by atoms with van der Waals surface area (Å²) in [6, 6.07) is 8.93. The van der Waals surface area contributed by atoms with E-state index in [4.69, 9.17) is 0 Å². The number of imidazole rings is 1. The Morgan fingerprint density at radius 3 is 2.77 bits per heavy atom. The van der Waals surface area contributed by atoms with Crippen LogP contribution < -0.4 is 15.9 Å². The molecule has 8 nitrogen and oxygen atoms in total. The highest BCUT2D eigenvalue weighted by molar-refractivity contribution is 5.96. The van der Waals surface area contributed by atoms with Gasteiger partial charge in [-0.3, -0.25) is 5.10 Å². The number of allylic oxidation sites excluding steroid dienone is 2. The third-order valence-electron chi connectivity index (χ3n) is 6.91. The van der Waals surface area contributed by atoms with Crippen molar-refractivity contribution in [3.05, 3.63) is 76.7 Å². The van der Waals surface area contributed by atoms with Gasteiger partial charge in [0.25, 0.3) is 0 Å². The summed E-state index contributed by atoms with van der Waals surface area (Å²) in [5, 5.41) is 13.4. The second-order valence-electron chi connectivity index (χ2n) is 9.99. The lowest BCUT2D eigenvalue weighted by molar-refractivity contribution is 0.425. The average molecular weight is 525 g/mol. The third kappa shape index (κ3) is 5.39. The van der Waals surface area contributed by atoms with Gasteiger partial charge in [0.2, 0.25) is 0 Å². The minimum Gasteiger partial charge on any atom is -0.384 e. The van der Waals surface area contributed by atoms with Crippen LogP contribution >= 0.6 is 0 Å². The summed E-state index contributed by atoms with van der Waals surface area (Å²) in [5.41, 5.74) is 6.73. The maximum absolute atomic E-state index is 14.6. The van der Waals surface area contributed by atoms with Crippen molar-refractivity contribution in [3.8, 4) is 22.5 Å². The van der Waals surface area contributed by atoms with E-state index >= 15 is 0 Å². The van der Waals surface area contributed by atoms with Crippen molar-refractivity contribution in [1.29, 1.82) is 0 Å². The summed E-state index contributed by atoms with van der Waals surface area (Å²) in [5.74, 6) is 0.666. The van der Waals surface area contributed by atoms with Gasteiger partial charge in [-0.2, -0.15) is 5.10 Å². The number of hydrogen-bond acceptors (Lipinski definition) is 5. The van der Waals surface area contributed by atoms with Gasteiger partial charge < -0.3 is 19.8 Å². The average Bonchev–Trinajstić information content (AvgIpc) is 3.58. The molecule has 0 aliphatic carbocycles. The van der Waals surface area contributed by atoms with Crippen molar-refractivity contribution in [2.75, 3.05) is 32.5 Å². The summed E-state index contributed by atoms with van der Waals surface area (Å²) >= 11 is 0. The predicted octanol–water partition coefficient (Wildman–Crippen LogP) is 4.07. The fourth-order valence-corrected chi connectivity index (χ4v) is 4.58. The van der Waals surface area contributed by atoms with Gasteiger partial charge in [-0.05, 0) is 81.1 Å². The van der Waals surface area contributed by atoms with Crippen LogP contribution in [0.5, 0.6) is 0 Å². The molecule has 5 rings (SSSR count). The number of nitrogens with one attached hydrogen (secondary N) is 3. The Morgan fingerprint density at radius 2 is 2.03 bits per heavy atom. The molecule has 0 atom stereocenters. The van der Waals surface area contributed by atoms with Gasteiger partial charge >= 0.3 is 0 Å². The molecule has 0 aliphatic rings. The van der Waals surface area contributed by atoms with Crippen molar-refractivity contribution in [2.45, 2.75) is 13.8 Å². The van der Waals surface area contributed by atoms with Crippen molar-refractivity contribution < 1.29 is 4.39 Å². The SMILES string of the molecule is C=c1c(-c2cc3c(-c4cc(F)cc(NCCN(C)C)c4)ccnc3[nH]2)n[nH]/c1=C/C=C(\C)c1cnc(C)n1C. The molecule has 0 saturated carbocycles. The first kappa shape index (κ1) is 26.1. The Kier molecular flexibility index (Phi) is 7.17. The molecule has 39 heavy (non-hydrogen) atoms. The number of rotatable bonds is 8. The minimum atomic E-state index is -0.294. The summed E-state index contributed by atoms with van der Waals surface area (Å²) in [4.78, 5) is 14.3. The zero-order valence-electron chi connectivity index (χ0n) is 22.9. The second-order valence-corrected chi connectivity index (χ2v) is 9.99. The molecule has 0 saturated heterocycles. The van der Waals surface area contributed by atoms with Crippen LogP contribution in [0.2, 0.25) is 0 Å². The van der Waals surface area contributed by atoms with Crippen LogP contribution in [0.1, 0.15) is 18.4 Å². The molecular weight excluding hydrogens is 491 g/mol. The number of aryl methyl sites for hydroxylation is 1. The van der Waals surface area contributed by atoms with Crippen molar-refractivity contribution in [1.82, 2.24) is 34.6 Å². The Balaban J connectivity index is 1.48. The van der Waals surface area contributed by atoms with Crippen LogP contribution in [0.25, 0.3) is 51.8 Å². The molecule has 0 bridgehead atoms. The van der Waals surface area contributed by atoms with Gasteiger partial charge in [-0.1, -0.05) is 12.7 Å². The largest absolute Gasteiger partial charge is 0.384 e. The number of nitrogens with zero attached hydrogens (tertiary/aromatic N) is 5. The summed E-state index contributed by atoms with van der Waals surface area (Å²) in [6.07, 6.45) is 7.60. The lowest BCUT2D eigenvalue weighted by Gasteiger charge is -2.13. The normalized spacial score (nSPS) is 12.7. The molecule has 0 aliphatic heterocycles. The molecule has 4 heterocycles.